The molecule has 3 aromatic carbocycles. The summed E-state index contributed by atoms with van der Waals surface area (Å²) >= 11 is 0. The van der Waals surface area contributed by atoms with E-state index in [1.165, 1.54) is 29.1 Å². The largest absolute Gasteiger partial charge is 0.494 e. The number of aromatic nitrogens is 3. The number of non-ortho nitro benzene ring substituents is 1. The van der Waals surface area contributed by atoms with Gasteiger partial charge in [-0.1, -0.05) is 0 Å². The van der Waals surface area contributed by atoms with Gasteiger partial charge in [-0.2, -0.15) is 4.80 Å². The number of nitrogens with zero attached hydrogens (tertiary/aromatic N) is 4. The quantitative estimate of drug-likeness (QED) is 0.385. The third-order valence-electron chi connectivity index (χ3n) is 4.36. The lowest BCUT2D eigenvalue weighted by molar-refractivity contribution is -0.384. The van der Waals surface area contributed by atoms with Crippen LogP contribution >= 0.6 is 0 Å². The Morgan fingerprint density at radius 2 is 1.73 bits per heavy atom. The van der Waals surface area contributed by atoms with Crippen molar-refractivity contribution >= 4 is 28.3 Å². The van der Waals surface area contributed by atoms with Crippen molar-refractivity contribution in [3.63, 3.8) is 0 Å². The smallest absolute Gasteiger partial charge is 0.269 e. The Kier molecular flexibility index (Phi) is 5.08. The van der Waals surface area contributed by atoms with Crippen molar-refractivity contribution in [1.29, 1.82) is 0 Å². The van der Waals surface area contributed by atoms with Crippen LogP contribution in [0, 0.1) is 10.1 Å². The fourth-order valence-electron chi connectivity index (χ4n) is 2.89. The first kappa shape index (κ1) is 19.1. The molecule has 1 aromatic heterocycles. The molecule has 150 valence electrons. The van der Waals surface area contributed by atoms with Crippen LogP contribution in [0.5, 0.6) is 5.75 Å². The third kappa shape index (κ3) is 3.95. The number of ether oxygens (including phenoxy) is 1. The molecule has 4 aromatic rings. The van der Waals surface area contributed by atoms with Crippen LogP contribution in [-0.2, 0) is 0 Å². The van der Waals surface area contributed by atoms with Gasteiger partial charge in [-0.05, 0) is 61.5 Å². The van der Waals surface area contributed by atoms with E-state index in [-0.39, 0.29) is 11.6 Å². The molecular formula is C21H17N5O4. The zero-order chi connectivity index (χ0) is 21.1. The van der Waals surface area contributed by atoms with Crippen LogP contribution in [0.3, 0.4) is 0 Å². The van der Waals surface area contributed by atoms with E-state index in [4.69, 9.17) is 4.74 Å². The van der Waals surface area contributed by atoms with E-state index in [0.29, 0.717) is 28.9 Å². The predicted octanol–water partition coefficient (Wildman–Crippen LogP) is 3.98. The molecule has 1 heterocycles. The van der Waals surface area contributed by atoms with Crippen molar-refractivity contribution in [3.8, 4) is 11.4 Å². The van der Waals surface area contributed by atoms with E-state index < -0.39 is 4.92 Å². The second-order valence-corrected chi connectivity index (χ2v) is 6.38. The van der Waals surface area contributed by atoms with Crippen molar-refractivity contribution in [2.45, 2.75) is 6.92 Å². The molecule has 0 aliphatic heterocycles. The van der Waals surface area contributed by atoms with Crippen LogP contribution in [0.25, 0.3) is 16.7 Å². The molecular weight excluding hydrogens is 386 g/mol. The molecule has 1 amide bonds. The van der Waals surface area contributed by atoms with Gasteiger partial charge < -0.3 is 10.1 Å². The van der Waals surface area contributed by atoms with Crippen molar-refractivity contribution < 1.29 is 14.5 Å². The predicted molar refractivity (Wildman–Crippen MR) is 111 cm³/mol. The summed E-state index contributed by atoms with van der Waals surface area (Å²) in [6.07, 6.45) is 0. The number of anilines is 1. The number of benzene rings is 3. The normalized spacial score (nSPS) is 10.7. The molecule has 30 heavy (non-hydrogen) atoms. The molecule has 0 aliphatic rings. The fraction of sp³-hybridized carbons (Fsp3) is 0.0952. The molecule has 9 nitrogen and oxygen atoms in total. The maximum absolute atomic E-state index is 12.4. The fourth-order valence-corrected chi connectivity index (χ4v) is 2.89. The summed E-state index contributed by atoms with van der Waals surface area (Å²) in [5, 5.41) is 22.4. The number of nitrogens with one attached hydrogen (secondary N) is 1. The van der Waals surface area contributed by atoms with Crippen molar-refractivity contribution in [3.05, 3.63) is 82.4 Å². The second-order valence-electron chi connectivity index (χ2n) is 6.38. The summed E-state index contributed by atoms with van der Waals surface area (Å²) in [5.74, 6) is 0.400. The van der Waals surface area contributed by atoms with Gasteiger partial charge in [-0.25, -0.2) is 0 Å². The SMILES string of the molecule is CCOc1ccc(-n2nc3ccc(NC(=O)c4ccc([N+](=O)[O-])cc4)cc3n2)cc1. The Hall–Kier alpha value is -4.27. The number of nitro groups is 1. The molecule has 0 saturated heterocycles. The van der Waals surface area contributed by atoms with Gasteiger partial charge >= 0.3 is 0 Å². The second kappa shape index (κ2) is 8.00. The van der Waals surface area contributed by atoms with Gasteiger partial charge in [0.15, 0.2) is 0 Å². The van der Waals surface area contributed by atoms with Crippen LogP contribution in [-0.4, -0.2) is 32.4 Å². The van der Waals surface area contributed by atoms with Crippen LogP contribution < -0.4 is 10.1 Å². The zero-order valence-corrected chi connectivity index (χ0v) is 16.0. The summed E-state index contributed by atoms with van der Waals surface area (Å²) < 4.78 is 5.44. The highest BCUT2D eigenvalue weighted by Gasteiger charge is 2.11. The Morgan fingerprint density at radius 3 is 2.40 bits per heavy atom. The Bertz CT molecular complexity index is 1220. The zero-order valence-electron chi connectivity index (χ0n) is 16.0. The van der Waals surface area contributed by atoms with Gasteiger partial charge in [-0.3, -0.25) is 14.9 Å². The maximum Gasteiger partial charge on any atom is 0.269 e. The van der Waals surface area contributed by atoms with Crippen LogP contribution in [0.4, 0.5) is 11.4 Å². The number of carbonyl (C=O) groups is 1. The van der Waals surface area contributed by atoms with E-state index in [1.807, 2.05) is 31.2 Å². The summed E-state index contributed by atoms with van der Waals surface area (Å²) in [5.41, 5.74) is 2.87. The highest BCUT2D eigenvalue weighted by molar-refractivity contribution is 6.05. The molecule has 0 saturated carbocycles. The number of fused-ring (bicyclic) bond motifs is 1. The minimum Gasteiger partial charge on any atom is -0.494 e. The summed E-state index contributed by atoms with van der Waals surface area (Å²) in [4.78, 5) is 24.1. The number of nitro benzene ring substituents is 1. The minimum atomic E-state index is -0.511. The first-order valence-corrected chi connectivity index (χ1v) is 9.19. The number of rotatable bonds is 6. The Balaban J connectivity index is 1.53. The highest BCUT2D eigenvalue weighted by Crippen LogP contribution is 2.20. The van der Waals surface area contributed by atoms with Crippen LogP contribution in [0.1, 0.15) is 17.3 Å². The van der Waals surface area contributed by atoms with E-state index >= 15 is 0 Å². The molecule has 0 bridgehead atoms. The van der Waals surface area contributed by atoms with Crippen molar-refractivity contribution in [2.75, 3.05) is 11.9 Å². The van der Waals surface area contributed by atoms with Crippen molar-refractivity contribution in [2.24, 2.45) is 0 Å². The Morgan fingerprint density at radius 1 is 1.03 bits per heavy atom. The van der Waals surface area contributed by atoms with Gasteiger partial charge in [0, 0.05) is 23.4 Å². The third-order valence-corrected chi connectivity index (χ3v) is 4.36. The molecule has 1 N–H and O–H groups in total. The first-order valence-electron chi connectivity index (χ1n) is 9.19. The van der Waals surface area contributed by atoms with E-state index in [0.717, 1.165) is 11.4 Å². The molecule has 0 unspecified atom stereocenters. The lowest BCUT2D eigenvalue weighted by atomic mass is 10.2. The topological polar surface area (TPSA) is 112 Å². The van der Waals surface area contributed by atoms with Crippen LogP contribution in [0.2, 0.25) is 0 Å². The van der Waals surface area contributed by atoms with Gasteiger partial charge in [0.1, 0.15) is 16.8 Å². The monoisotopic (exact) mass is 403 g/mol. The average Bonchev–Trinajstić information content (AvgIpc) is 3.18. The van der Waals surface area contributed by atoms with E-state index in [9.17, 15) is 14.9 Å². The molecule has 0 fully saturated rings. The average molecular weight is 403 g/mol. The van der Waals surface area contributed by atoms with Crippen LogP contribution in [0.15, 0.2) is 66.7 Å². The summed E-state index contributed by atoms with van der Waals surface area (Å²) in [7, 11) is 0. The number of carbonyl (C=O) groups excluding carboxylic acids is 1. The van der Waals surface area contributed by atoms with Crippen molar-refractivity contribution in [1.82, 2.24) is 15.0 Å². The lowest BCUT2D eigenvalue weighted by Gasteiger charge is -2.04. The van der Waals surface area contributed by atoms with Gasteiger partial charge in [0.25, 0.3) is 11.6 Å². The number of hydrogen-bond donors (Lipinski definition) is 1. The van der Waals surface area contributed by atoms with Gasteiger partial charge in [0.05, 0.1) is 17.2 Å². The molecule has 0 spiro atoms. The van der Waals surface area contributed by atoms with Gasteiger partial charge in [0.2, 0.25) is 0 Å². The standard InChI is InChI=1S/C21H17N5O4/c1-2-30-18-10-8-16(9-11-18)25-23-19-12-5-15(13-20(19)24-25)22-21(27)14-3-6-17(7-4-14)26(28)29/h3-13H,2H2,1H3,(H,22,27). The maximum atomic E-state index is 12.4. The highest BCUT2D eigenvalue weighted by atomic mass is 16.6. The molecule has 0 atom stereocenters. The van der Waals surface area contributed by atoms with Gasteiger partial charge in [-0.15, -0.1) is 10.2 Å². The Labute approximate surface area is 171 Å². The number of hydrogen-bond acceptors (Lipinski definition) is 6. The van der Waals surface area contributed by atoms with E-state index in [1.54, 1.807) is 18.2 Å². The lowest BCUT2D eigenvalue weighted by Crippen LogP contribution is -2.11. The minimum absolute atomic E-state index is 0.0705. The molecule has 0 aliphatic carbocycles. The molecule has 9 heteroatoms. The molecule has 4 rings (SSSR count). The summed E-state index contributed by atoms with van der Waals surface area (Å²) in [6, 6.07) is 18.0. The molecule has 0 radical (unpaired) electrons. The van der Waals surface area contributed by atoms with E-state index in [2.05, 4.69) is 15.5 Å². The summed E-state index contributed by atoms with van der Waals surface area (Å²) in [6.45, 7) is 2.52. The first-order chi connectivity index (χ1) is 14.5. The number of amides is 1.